The number of anilines is 1. The van der Waals surface area contributed by atoms with E-state index in [9.17, 15) is 24.6 Å². The van der Waals surface area contributed by atoms with Crippen molar-refractivity contribution in [1.82, 2.24) is 9.88 Å². The molecule has 0 saturated carbocycles. The van der Waals surface area contributed by atoms with E-state index in [1.807, 2.05) is 0 Å². The van der Waals surface area contributed by atoms with Gasteiger partial charge in [-0.05, 0) is 29.3 Å². The van der Waals surface area contributed by atoms with Crippen LogP contribution >= 0.6 is 11.6 Å². The number of nitrogens with two attached hydrogens (primary N) is 1. The monoisotopic (exact) mass is 500 g/mol. The van der Waals surface area contributed by atoms with Crippen LogP contribution in [0.2, 0.25) is 5.02 Å². The first kappa shape index (κ1) is 25.6. The molecule has 0 radical (unpaired) electrons. The third kappa shape index (κ3) is 6.31. The van der Waals surface area contributed by atoms with Gasteiger partial charge < -0.3 is 35.9 Å². The van der Waals surface area contributed by atoms with E-state index in [1.165, 1.54) is 23.9 Å². The molecule has 0 saturated heterocycles. The second-order valence-electron chi connectivity index (χ2n) is 7.62. The van der Waals surface area contributed by atoms with Crippen molar-refractivity contribution in [3.05, 3.63) is 86.8 Å². The Morgan fingerprint density at radius 1 is 1.17 bits per heavy atom. The Morgan fingerprint density at radius 2 is 1.89 bits per heavy atom. The van der Waals surface area contributed by atoms with E-state index >= 15 is 0 Å². The SMILES string of the molecule is COc1cccc(Cl)c1Cn1ccc(O)c(NC(=O)NC(CC(=O)O)c2ccc(CN)cc2)c1=O. The Morgan fingerprint density at radius 3 is 2.51 bits per heavy atom. The van der Waals surface area contributed by atoms with Crippen molar-refractivity contribution >= 4 is 29.3 Å². The molecule has 10 nitrogen and oxygen atoms in total. The van der Waals surface area contributed by atoms with Gasteiger partial charge in [-0.3, -0.25) is 9.59 Å². The van der Waals surface area contributed by atoms with Gasteiger partial charge in [-0.25, -0.2) is 4.79 Å². The molecular weight excluding hydrogens is 476 g/mol. The van der Waals surface area contributed by atoms with Crippen molar-refractivity contribution in [2.75, 3.05) is 12.4 Å². The number of nitrogens with zero attached hydrogens (tertiary/aromatic N) is 1. The number of aromatic hydroxyl groups is 1. The Bertz CT molecular complexity index is 1280. The molecule has 0 bridgehead atoms. The molecule has 184 valence electrons. The topological polar surface area (TPSA) is 156 Å². The summed E-state index contributed by atoms with van der Waals surface area (Å²) in [7, 11) is 1.48. The van der Waals surface area contributed by atoms with E-state index in [4.69, 9.17) is 22.1 Å². The van der Waals surface area contributed by atoms with Crippen LogP contribution in [-0.2, 0) is 17.9 Å². The maximum absolute atomic E-state index is 13.0. The maximum atomic E-state index is 13.0. The number of aromatic nitrogens is 1. The molecule has 0 spiro atoms. The lowest BCUT2D eigenvalue weighted by molar-refractivity contribution is -0.137. The van der Waals surface area contributed by atoms with E-state index in [-0.39, 0.29) is 12.2 Å². The molecule has 11 heteroatoms. The van der Waals surface area contributed by atoms with Crippen molar-refractivity contribution in [3.63, 3.8) is 0 Å². The van der Waals surface area contributed by atoms with Crippen LogP contribution in [-0.4, -0.2) is 33.9 Å². The van der Waals surface area contributed by atoms with Crippen LogP contribution in [0.25, 0.3) is 0 Å². The number of amides is 2. The summed E-state index contributed by atoms with van der Waals surface area (Å²) in [5.74, 6) is -1.10. The van der Waals surface area contributed by atoms with Crippen molar-refractivity contribution in [2.45, 2.75) is 25.6 Å². The van der Waals surface area contributed by atoms with Gasteiger partial charge in [-0.15, -0.1) is 0 Å². The Kier molecular flexibility index (Phi) is 8.34. The molecule has 1 heterocycles. The molecule has 1 aromatic heterocycles. The Labute approximate surface area is 205 Å². The van der Waals surface area contributed by atoms with E-state index in [0.29, 0.717) is 28.4 Å². The minimum atomic E-state index is -1.13. The number of carbonyl (C=O) groups is 2. The van der Waals surface area contributed by atoms with E-state index in [2.05, 4.69) is 10.6 Å². The summed E-state index contributed by atoms with van der Waals surface area (Å²) in [6.45, 7) is 0.338. The van der Waals surface area contributed by atoms with Gasteiger partial charge in [0.2, 0.25) is 0 Å². The highest BCUT2D eigenvalue weighted by molar-refractivity contribution is 6.31. The van der Waals surface area contributed by atoms with Crippen LogP contribution in [0.15, 0.2) is 59.5 Å². The number of carbonyl (C=O) groups excluding carboxylic acids is 1. The summed E-state index contributed by atoms with van der Waals surface area (Å²) in [6.07, 6.45) is 0.961. The summed E-state index contributed by atoms with van der Waals surface area (Å²) in [5, 5.41) is 24.8. The van der Waals surface area contributed by atoms with Gasteiger partial charge in [0.1, 0.15) is 11.5 Å². The highest BCUT2D eigenvalue weighted by Gasteiger charge is 2.21. The second-order valence-corrected chi connectivity index (χ2v) is 8.03. The number of benzene rings is 2. The van der Waals surface area contributed by atoms with Gasteiger partial charge in [0.15, 0.2) is 5.69 Å². The molecule has 0 aliphatic heterocycles. The van der Waals surface area contributed by atoms with E-state index < -0.39 is 35.8 Å². The fraction of sp³-hybridized carbons (Fsp3) is 0.208. The third-order valence-electron chi connectivity index (χ3n) is 5.31. The lowest BCUT2D eigenvalue weighted by atomic mass is 10.0. The van der Waals surface area contributed by atoms with Crippen molar-refractivity contribution in [1.29, 1.82) is 0 Å². The quantitative estimate of drug-likeness (QED) is 0.302. The molecule has 0 fully saturated rings. The van der Waals surface area contributed by atoms with Crippen LogP contribution in [0.5, 0.6) is 11.5 Å². The number of hydrogen-bond donors (Lipinski definition) is 5. The van der Waals surface area contributed by atoms with Crippen LogP contribution in [0, 0.1) is 0 Å². The number of urea groups is 1. The summed E-state index contributed by atoms with van der Waals surface area (Å²) >= 11 is 6.26. The zero-order valence-corrected chi connectivity index (χ0v) is 19.6. The predicted octanol–water partition coefficient (Wildman–Crippen LogP) is 3.06. The molecule has 3 aromatic rings. The number of halogens is 1. The van der Waals surface area contributed by atoms with Gasteiger partial charge in [0.05, 0.1) is 26.1 Å². The number of carboxylic acids is 1. The number of carboxylic acid groups (broad SMARTS) is 1. The summed E-state index contributed by atoms with van der Waals surface area (Å²) in [6, 6.07) is 11.4. The van der Waals surface area contributed by atoms with Gasteiger partial charge in [0, 0.05) is 23.3 Å². The van der Waals surface area contributed by atoms with Crippen molar-refractivity contribution in [2.24, 2.45) is 5.73 Å². The number of methoxy groups -OCH3 is 1. The lowest BCUT2D eigenvalue weighted by Crippen LogP contribution is -2.36. The molecular formula is C24H25ClN4O6. The number of hydrogen-bond acceptors (Lipinski definition) is 6. The normalized spacial score (nSPS) is 11.5. The van der Waals surface area contributed by atoms with Gasteiger partial charge in [-0.2, -0.15) is 0 Å². The smallest absolute Gasteiger partial charge is 0.319 e. The molecule has 3 rings (SSSR count). The van der Waals surface area contributed by atoms with Crippen LogP contribution in [0.3, 0.4) is 0 Å². The van der Waals surface area contributed by atoms with E-state index in [0.717, 1.165) is 5.56 Å². The summed E-state index contributed by atoms with van der Waals surface area (Å²) in [5.41, 5.74) is 6.46. The fourth-order valence-electron chi connectivity index (χ4n) is 3.48. The summed E-state index contributed by atoms with van der Waals surface area (Å²) in [4.78, 5) is 37.1. The number of nitrogens with one attached hydrogen (secondary N) is 2. The molecule has 6 N–H and O–H groups in total. The zero-order chi connectivity index (χ0) is 25.5. The van der Waals surface area contributed by atoms with Crippen LogP contribution in [0.4, 0.5) is 10.5 Å². The lowest BCUT2D eigenvalue weighted by Gasteiger charge is -2.19. The average Bonchev–Trinajstić information content (AvgIpc) is 2.83. The highest BCUT2D eigenvalue weighted by atomic mass is 35.5. The fourth-order valence-corrected chi connectivity index (χ4v) is 3.71. The maximum Gasteiger partial charge on any atom is 0.319 e. The highest BCUT2D eigenvalue weighted by Crippen LogP contribution is 2.27. The summed E-state index contributed by atoms with van der Waals surface area (Å²) < 4.78 is 6.55. The zero-order valence-electron chi connectivity index (χ0n) is 18.8. The van der Waals surface area contributed by atoms with Crippen LogP contribution < -0.4 is 26.7 Å². The molecule has 0 aliphatic rings. The number of rotatable bonds is 9. The molecule has 1 atom stereocenters. The van der Waals surface area contributed by atoms with Gasteiger partial charge in [0.25, 0.3) is 5.56 Å². The standard InChI is InChI=1S/C24H25ClN4O6/c1-35-20-4-2-3-17(25)16(20)13-29-10-9-19(30)22(23(29)33)28-24(34)27-18(11-21(31)32)15-7-5-14(12-26)6-8-15/h2-10,18,30H,11-13,26H2,1H3,(H,31,32)(H2,27,28,34). The Balaban J connectivity index is 1.84. The first-order valence-electron chi connectivity index (χ1n) is 10.6. The van der Waals surface area contributed by atoms with Crippen molar-refractivity contribution in [3.8, 4) is 11.5 Å². The first-order valence-corrected chi connectivity index (χ1v) is 10.9. The van der Waals surface area contributed by atoms with E-state index in [1.54, 1.807) is 42.5 Å². The average molecular weight is 501 g/mol. The Hall–Kier alpha value is -4.02. The van der Waals surface area contributed by atoms with Gasteiger partial charge >= 0.3 is 12.0 Å². The van der Waals surface area contributed by atoms with Crippen molar-refractivity contribution < 1.29 is 24.5 Å². The minimum absolute atomic E-state index is 0.0212. The number of ether oxygens (including phenoxy) is 1. The first-order chi connectivity index (χ1) is 16.7. The van der Waals surface area contributed by atoms with Gasteiger partial charge in [-0.1, -0.05) is 41.9 Å². The van der Waals surface area contributed by atoms with Crippen LogP contribution in [0.1, 0.15) is 29.2 Å². The molecule has 2 amide bonds. The molecule has 35 heavy (non-hydrogen) atoms. The predicted molar refractivity (Wildman–Crippen MR) is 131 cm³/mol. The second kappa shape index (κ2) is 11.4. The number of aliphatic carboxylic acids is 1. The number of pyridine rings is 1. The minimum Gasteiger partial charge on any atom is -0.505 e. The molecule has 1 unspecified atom stereocenters. The molecule has 2 aromatic carbocycles. The largest absolute Gasteiger partial charge is 0.505 e. The third-order valence-corrected chi connectivity index (χ3v) is 5.66. The molecule has 0 aliphatic carbocycles.